The van der Waals surface area contributed by atoms with E-state index in [-0.39, 0.29) is 30.2 Å². The summed E-state index contributed by atoms with van der Waals surface area (Å²) in [5, 5.41) is 23.4. The molecular formula is C23H28N2O7S. The van der Waals surface area contributed by atoms with Crippen LogP contribution in [0.25, 0.3) is 0 Å². The second-order valence-electron chi connectivity index (χ2n) is 8.21. The highest BCUT2D eigenvalue weighted by atomic mass is 32.2. The third-order valence-electron chi connectivity index (χ3n) is 5.62. The third-order valence-corrected chi connectivity index (χ3v) is 6.99. The van der Waals surface area contributed by atoms with Crippen molar-refractivity contribution >= 4 is 22.1 Å². The van der Waals surface area contributed by atoms with E-state index < -0.39 is 40.5 Å². The van der Waals surface area contributed by atoms with E-state index in [1.54, 1.807) is 12.1 Å². The largest absolute Gasteiger partial charge is 0.465 e. The summed E-state index contributed by atoms with van der Waals surface area (Å²) in [4.78, 5) is 24.6. The summed E-state index contributed by atoms with van der Waals surface area (Å²) in [6, 6.07) is 13.6. The number of hydrogen-bond donors (Lipinski definition) is 3. The van der Waals surface area contributed by atoms with Gasteiger partial charge in [-0.25, -0.2) is 4.79 Å². The van der Waals surface area contributed by atoms with Crippen molar-refractivity contribution in [3.63, 3.8) is 0 Å². The van der Waals surface area contributed by atoms with Crippen molar-refractivity contribution in [2.24, 2.45) is 0 Å². The number of rotatable bonds is 8. The summed E-state index contributed by atoms with van der Waals surface area (Å²) in [5.74, 6) is -0.371. The molecule has 4 atom stereocenters. The minimum absolute atomic E-state index is 0.0285. The van der Waals surface area contributed by atoms with Crippen LogP contribution < -0.4 is 5.32 Å². The lowest BCUT2D eigenvalue weighted by Crippen LogP contribution is -2.53. The van der Waals surface area contributed by atoms with Gasteiger partial charge in [-0.05, 0) is 37.5 Å². The number of likely N-dealkylation sites (tertiary alicyclic amines) is 1. The maximum atomic E-state index is 12.7. The first kappa shape index (κ1) is 24.7. The molecule has 3 N–H and O–H groups in total. The van der Waals surface area contributed by atoms with E-state index in [4.69, 9.17) is 4.18 Å². The van der Waals surface area contributed by atoms with Gasteiger partial charge >= 0.3 is 6.09 Å². The zero-order chi connectivity index (χ0) is 24.2. The van der Waals surface area contributed by atoms with Crippen LogP contribution in [0.5, 0.6) is 0 Å². The lowest BCUT2D eigenvalue weighted by atomic mass is 9.94. The average Bonchev–Trinajstić information content (AvgIpc) is 3.17. The highest BCUT2D eigenvalue weighted by molar-refractivity contribution is 7.86. The van der Waals surface area contributed by atoms with E-state index in [0.717, 1.165) is 16.0 Å². The van der Waals surface area contributed by atoms with Crippen molar-refractivity contribution in [1.82, 2.24) is 10.2 Å². The molecule has 2 amide bonds. The van der Waals surface area contributed by atoms with Gasteiger partial charge in [-0.2, -0.15) is 8.42 Å². The molecule has 9 nitrogen and oxygen atoms in total. The number of aliphatic hydroxyl groups is 1. The fourth-order valence-electron chi connectivity index (χ4n) is 4.03. The smallest absolute Gasteiger partial charge is 0.407 e. The Balaban J connectivity index is 1.79. The van der Waals surface area contributed by atoms with E-state index in [0.29, 0.717) is 0 Å². The van der Waals surface area contributed by atoms with Gasteiger partial charge in [0.25, 0.3) is 10.1 Å². The molecule has 0 unspecified atom stereocenters. The molecule has 178 valence electrons. The highest BCUT2D eigenvalue weighted by Crippen LogP contribution is 2.28. The molecule has 0 bridgehead atoms. The monoisotopic (exact) mass is 476 g/mol. The van der Waals surface area contributed by atoms with E-state index in [2.05, 4.69) is 5.32 Å². The second kappa shape index (κ2) is 10.3. The number of nitrogens with one attached hydrogen (secondary N) is 1. The van der Waals surface area contributed by atoms with E-state index in [1.807, 2.05) is 37.3 Å². The number of nitrogens with zero attached hydrogens (tertiary/aromatic N) is 1. The molecule has 1 aliphatic heterocycles. The molecule has 1 fully saturated rings. The van der Waals surface area contributed by atoms with Gasteiger partial charge in [0.05, 0.1) is 35.7 Å². The van der Waals surface area contributed by atoms with Crippen molar-refractivity contribution < 1.29 is 32.4 Å². The van der Waals surface area contributed by atoms with Gasteiger partial charge in [-0.3, -0.25) is 13.9 Å². The quantitative estimate of drug-likeness (QED) is 0.496. The minimum Gasteiger partial charge on any atom is -0.465 e. The van der Waals surface area contributed by atoms with Gasteiger partial charge in [0.1, 0.15) is 0 Å². The van der Waals surface area contributed by atoms with E-state index >= 15 is 0 Å². The lowest BCUT2D eigenvalue weighted by molar-refractivity contribution is -0.120. The van der Waals surface area contributed by atoms with E-state index in [9.17, 15) is 28.2 Å². The van der Waals surface area contributed by atoms with Gasteiger partial charge in [0.2, 0.25) is 5.91 Å². The lowest BCUT2D eigenvalue weighted by Gasteiger charge is -2.32. The topological polar surface area (TPSA) is 133 Å². The Bertz CT molecular complexity index is 1070. The summed E-state index contributed by atoms with van der Waals surface area (Å²) in [6.45, 7) is 2.92. The fraction of sp³-hybridized carbons (Fsp3) is 0.391. The molecule has 0 saturated carbocycles. The Hall–Kier alpha value is -2.95. The molecule has 1 saturated heterocycles. The zero-order valence-electron chi connectivity index (χ0n) is 18.4. The van der Waals surface area contributed by atoms with Crippen molar-refractivity contribution in [3.8, 4) is 0 Å². The van der Waals surface area contributed by atoms with E-state index in [1.165, 1.54) is 19.1 Å². The molecule has 0 aromatic heterocycles. The fourth-order valence-corrected chi connectivity index (χ4v) is 5.11. The number of benzene rings is 2. The molecule has 1 aliphatic rings. The second-order valence-corrected chi connectivity index (χ2v) is 9.78. The first-order valence-corrected chi connectivity index (χ1v) is 12.0. The van der Waals surface area contributed by atoms with Crippen LogP contribution in [-0.4, -0.2) is 66.4 Å². The van der Waals surface area contributed by atoms with Crippen LogP contribution in [0, 0.1) is 6.92 Å². The molecule has 0 aliphatic carbocycles. The van der Waals surface area contributed by atoms with Crippen molar-refractivity contribution in [3.05, 3.63) is 65.7 Å². The van der Waals surface area contributed by atoms with Gasteiger partial charge in [-0.15, -0.1) is 0 Å². The Morgan fingerprint density at radius 3 is 2.36 bits per heavy atom. The Labute approximate surface area is 193 Å². The minimum atomic E-state index is -4.12. The maximum Gasteiger partial charge on any atom is 0.407 e. The van der Waals surface area contributed by atoms with Crippen LogP contribution >= 0.6 is 0 Å². The number of hydrogen-bond acceptors (Lipinski definition) is 6. The average molecular weight is 477 g/mol. The summed E-state index contributed by atoms with van der Waals surface area (Å²) in [6.07, 6.45) is -3.32. The summed E-state index contributed by atoms with van der Waals surface area (Å²) in [7, 11) is -4.12. The number of aliphatic hydroxyl groups excluding tert-OH is 1. The number of carboxylic acid groups (broad SMARTS) is 1. The third kappa shape index (κ3) is 6.31. The van der Waals surface area contributed by atoms with Crippen molar-refractivity contribution in [2.45, 2.75) is 55.9 Å². The van der Waals surface area contributed by atoms with Crippen LogP contribution in [0.3, 0.4) is 0 Å². The van der Waals surface area contributed by atoms with Crippen LogP contribution in [0.4, 0.5) is 4.79 Å². The Morgan fingerprint density at radius 2 is 1.79 bits per heavy atom. The SMILES string of the molecule is CC(=O)N[C@H](Cc1ccccc1)[C@H](O)[C@H]1C[C@H](OS(=O)(=O)c2ccc(C)cc2)CN1C(=O)O. The summed E-state index contributed by atoms with van der Waals surface area (Å²) >= 11 is 0. The molecule has 2 aromatic rings. The molecule has 2 aromatic carbocycles. The van der Waals surface area contributed by atoms with Gasteiger partial charge < -0.3 is 15.5 Å². The molecule has 0 radical (unpaired) electrons. The molecule has 10 heteroatoms. The normalized spacial score (nSPS) is 20.3. The van der Waals surface area contributed by atoms with Gasteiger partial charge in [-0.1, -0.05) is 48.0 Å². The standard InChI is InChI=1S/C23H28N2O7S/c1-15-8-10-19(11-9-15)33(30,31)32-18-13-21(25(14-18)23(28)29)22(27)20(24-16(2)26)12-17-6-4-3-5-7-17/h3-11,18,20-22,27H,12-14H2,1-2H3,(H,24,26)(H,28,29)/t18-,20+,21+,22-/m0/s1. The summed E-state index contributed by atoms with van der Waals surface area (Å²) < 4.78 is 30.7. The summed E-state index contributed by atoms with van der Waals surface area (Å²) in [5.41, 5.74) is 1.74. The van der Waals surface area contributed by atoms with Gasteiger partial charge in [0.15, 0.2) is 0 Å². The first-order chi connectivity index (χ1) is 15.6. The van der Waals surface area contributed by atoms with Crippen LogP contribution in [-0.2, 0) is 25.5 Å². The predicted octanol–water partition coefficient (Wildman–Crippen LogP) is 1.93. The van der Waals surface area contributed by atoms with Crippen LogP contribution in [0.15, 0.2) is 59.5 Å². The number of carbonyl (C=O) groups excluding carboxylic acids is 1. The number of amides is 2. The highest BCUT2D eigenvalue weighted by Gasteiger charge is 2.44. The Morgan fingerprint density at radius 1 is 1.15 bits per heavy atom. The maximum absolute atomic E-state index is 12.7. The Kier molecular flexibility index (Phi) is 7.72. The first-order valence-electron chi connectivity index (χ1n) is 10.6. The number of aryl methyl sites for hydroxylation is 1. The predicted molar refractivity (Wildman–Crippen MR) is 120 cm³/mol. The van der Waals surface area contributed by atoms with Crippen LogP contribution in [0.2, 0.25) is 0 Å². The molecule has 3 rings (SSSR count). The zero-order valence-corrected chi connectivity index (χ0v) is 19.2. The molecule has 0 spiro atoms. The van der Waals surface area contributed by atoms with Crippen molar-refractivity contribution in [2.75, 3.05) is 6.54 Å². The number of carbonyl (C=O) groups is 2. The van der Waals surface area contributed by atoms with Crippen molar-refractivity contribution in [1.29, 1.82) is 0 Å². The van der Waals surface area contributed by atoms with Crippen LogP contribution in [0.1, 0.15) is 24.5 Å². The molecule has 1 heterocycles. The molecule has 33 heavy (non-hydrogen) atoms. The molecular weight excluding hydrogens is 448 g/mol. The van der Waals surface area contributed by atoms with Gasteiger partial charge in [0, 0.05) is 6.92 Å².